The Morgan fingerprint density at radius 2 is 1.64 bits per heavy atom. The summed E-state index contributed by atoms with van der Waals surface area (Å²) >= 11 is -0.178. The third kappa shape index (κ3) is 40.5. The van der Waals surface area contributed by atoms with E-state index >= 15 is 0 Å². The fourth-order valence-electron chi connectivity index (χ4n) is 0.184. The summed E-state index contributed by atoms with van der Waals surface area (Å²) in [4.78, 5) is 8.89. The van der Waals surface area contributed by atoms with Gasteiger partial charge in [-0.2, -0.15) is 0 Å². The van der Waals surface area contributed by atoms with Crippen molar-refractivity contribution in [1.29, 1.82) is 0 Å². The van der Waals surface area contributed by atoms with Crippen LogP contribution >= 0.6 is 0 Å². The summed E-state index contributed by atoms with van der Waals surface area (Å²) in [5, 5.41) is 8.89. The van der Waals surface area contributed by atoms with Crippen LogP contribution in [-0.4, -0.2) is 35.1 Å². The Bertz CT molecular complexity index is 78.7. The fraction of sp³-hybridized carbons (Fsp3) is 0.833. The van der Waals surface area contributed by atoms with E-state index in [1.165, 1.54) is 0 Å². The maximum atomic E-state index is 8.89. The van der Waals surface area contributed by atoms with Crippen LogP contribution in [0.1, 0.15) is 20.8 Å². The normalized spacial score (nSPS) is 7.55. The molecule has 0 rings (SSSR count). The molecule has 0 atom stereocenters. The predicted octanol–water partition coefficient (Wildman–Crippen LogP) is -0.650. The van der Waals surface area contributed by atoms with Crippen LogP contribution < -0.4 is 5.11 Å². The molecule has 64 valence electrons. The van der Waals surface area contributed by atoms with Gasteiger partial charge in [-0.3, -0.25) is 0 Å². The number of aliphatic carboxylic acids is 1. The zero-order valence-corrected chi connectivity index (χ0v) is 8.28. The second-order valence-corrected chi connectivity index (χ2v) is 2.36. The molecule has 0 aromatic heterocycles. The monoisotopic (exact) mass is 176 g/mol. The van der Waals surface area contributed by atoms with Gasteiger partial charge in [-0.05, 0) is 6.92 Å². The predicted molar refractivity (Wildman–Crippen MR) is 39.7 cm³/mol. The van der Waals surface area contributed by atoms with Gasteiger partial charge in [0, 0.05) is 5.97 Å². The van der Waals surface area contributed by atoms with Crippen LogP contribution in [0.15, 0.2) is 0 Å². The van der Waals surface area contributed by atoms with Gasteiger partial charge in [0.2, 0.25) is 0 Å². The van der Waals surface area contributed by atoms with Crippen LogP contribution in [0, 0.1) is 0 Å². The number of carboxylic acids is 1. The van der Waals surface area contributed by atoms with Crippen molar-refractivity contribution in [3.8, 4) is 0 Å². The number of carbonyl (C=O) groups excluding carboxylic acids is 1. The van der Waals surface area contributed by atoms with E-state index in [1.807, 2.05) is 13.8 Å². The second kappa shape index (κ2) is 12.6. The molecule has 0 N–H and O–H groups in total. The van der Waals surface area contributed by atoms with Gasteiger partial charge in [0.1, 0.15) is 0 Å². The quantitative estimate of drug-likeness (QED) is 0.422. The first kappa shape index (κ1) is 13.5. The van der Waals surface area contributed by atoms with E-state index in [4.69, 9.17) is 17.5 Å². The summed E-state index contributed by atoms with van der Waals surface area (Å²) in [6.07, 6.45) is 0. The molecular weight excluding hydrogens is 163 g/mol. The average Bonchev–Trinajstić information content (AvgIpc) is 1.88. The number of hydrogen-bond donors (Lipinski definition) is 0. The average molecular weight is 176 g/mol. The van der Waals surface area contributed by atoms with Crippen molar-refractivity contribution in [3.63, 3.8) is 0 Å². The van der Waals surface area contributed by atoms with Crippen LogP contribution in [0.4, 0.5) is 0 Å². The van der Waals surface area contributed by atoms with E-state index in [1.54, 1.807) is 0 Å². The molecule has 11 heavy (non-hydrogen) atoms. The van der Waals surface area contributed by atoms with E-state index in [9.17, 15) is 0 Å². The van der Waals surface area contributed by atoms with Crippen molar-refractivity contribution in [2.45, 2.75) is 20.8 Å². The van der Waals surface area contributed by atoms with Crippen LogP contribution in [0.25, 0.3) is 0 Å². The second-order valence-electron chi connectivity index (χ2n) is 1.50. The Kier molecular flexibility index (Phi) is 15.5. The van der Waals surface area contributed by atoms with Crippen molar-refractivity contribution in [2.24, 2.45) is 0 Å². The van der Waals surface area contributed by atoms with E-state index < -0.39 is 5.97 Å². The van der Waals surface area contributed by atoms with Gasteiger partial charge >= 0.3 is 50.5 Å². The topological polar surface area (TPSA) is 58.6 Å². The van der Waals surface area contributed by atoms with E-state index in [0.29, 0.717) is 0 Å². The Labute approximate surface area is 73.9 Å². The molecule has 0 saturated heterocycles. The zero-order chi connectivity index (χ0) is 9.11. The summed E-state index contributed by atoms with van der Waals surface area (Å²) in [6.45, 7) is 6.45. The number of carboxylic acid groups (broad SMARTS) is 1. The molecule has 0 heterocycles. The third-order valence-corrected chi connectivity index (χ3v) is 1.41. The Morgan fingerprint density at radius 1 is 1.36 bits per heavy atom. The number of carbonyl (C=O) groups is 1. The molecule has 0 bridgehead atoms. The number of rotatable bonds is 4. The Morgan fingerprint density at radius 3 is 1.82 bits per heavy atom. The Hall–Kier alpha value is -0.0775. The molecule has 5 heteroatoms. The maximum absolute atomic E-state index is 8.89. The molecule has 0 amide bonds. The molecule has 0 radical (unpaired) electrons. The van der Waals surface area contributed by atoms with Gasteiger partial charge in [0.25, 0.3) is 0 Å². The molecule has 0 aromatic rings. The van der Waals surface area contributed by atoms with E-state index in [-0.39, 0.29) is 15.9 Å². The van der Waals surface area contributed by atoms with Gasteiger partial charge in [-0.15, -0.1) is 0 Å². The first-order valence-electron chi connectivity index (χ1n) is 3.37. The molecule has 0 saturated carbocycles. The molecule has 0 aliphatic carbocycles. The fourth-order valence-corrected chi connectivity index (χ4v) is 0.553. The molecule has 0 aliphatic heterocycles. The minimum absolute atomic E-state index is 0.178. The summed E-state index contributed by atoms with van der Waals surface area (Å²) in [6, 6.07) is 0. The van der Waals surface area contributed by atoms with Crippen LogP contribution in [0.3, 0.4) is 0 Å². The van der Waals surface area contributed by atoms with Gasteiger partial charge in [-0.1, -0.05) is 0 Å². The summed E-state index contributed by atoms with van der Waals surface area (Å²) in [5.41, 5.74) is 0. The molecule has 4 nitrogen and oxygen atoms in total. The van der Waals surface area contributed by atoms with Gasteiger partial charge in [0.05, 0.1) is 0 Å². The van der Waals surface area contributed by atoms with Crippen LogP contribution in [0.2, 0.25) is 0 Å². The Balaban J connectivity index is 0. The van der Waals surface area contributed by atoms with Crippen LogP contribution in [0.5, 0.6) is 0 Å². The van der Waals surface area contributed by atoms with Gasteiger partial charge < -0.3 is 9.90 Å². The minimum atomic E-state index is -1.08. The molecule has 0 aromatic carbocycles. The molecule has 0 unspecified atom stereocenters. The first-order valence-corrected chi connectivity index (χ1v) is 4.31. The molecule has 0 aliphatic rings. The molecule has 0 fully saturated rings. The summed E-state index contributed by atoms with van der Waals surface area (Å²) < 4.78 is 9.87. The van der Waals surface area contributed by atoms with Gasteiger partial charge in [-0.25, -0.2) is 0 Å². The SMILES string of the molecule is CC(=O)[O-].CC[O][Al+][O]CC. The van der Waals surface area contributed by atoms with Crippen molar-refractivity contribution in [3.05, 3.63) is 0 Å². The molecular formula is C6H13AlO4. The summed E-state index contributed by atoms with van der Waals surface area (Å²) in [7, 11) is 0. The molecule has 0 spiro atoms. The van der Waals surface area contributed by atoms with Crippen molar-refractivity contribution in [2.75, 3.05) is 13.2 Å². The third-order valence-electron chi connectivity index (χ3n) is 0.469. The van der Waals surface area contributed by atoms with Crippen LogP contribution in [-0.2, 0) is 12.4 Å². The first-order chi connectivity index (χ1) is 5.15. The standard InChI is InChI=1S/C2H4O2.2C2H5O.Al/c1-2(3)4;2*1-2-3;/h1H3,(H,3,4);2*2H2,1H3;/q;2*-1;+3/p-1. The van der Waals surface area contributed by atoms with E-state index in [2.05, 4.69) is 0 Å². The zero-order valence-electron chi connectivity index (χ0n) is 7.12. The van der Waals surface area contributed by atoms with Crippen molar-refractivity contribution < 1.29 is 17.5 Å². The van der Waals surface area contributed by atoms with Crippen molar-refractivity contribution >= 4 is 21.9 Å². The summed E-state index contributed by atoms with van der Waals surface area (Å²) in [5.74, 6) is -1.08. The van der Waals surface area contributed by atoms with E-state index in [0.717, 1.165) is 20.1 Å². The number of hydrogen-bond acceptors (Lipinski definition) is 4. The van der Waals surface area contributed by atoms with Gasteiger partial charge in [0.15, 0.2) is 0 Å². The van der Waals surface area contributed by atoms with Crippen molar-refractivity contribution in [1.82, 2.24) is 0 Å².